The van der Waals surface area contributed by atoms with E-state index in [0.29, 0.717) is 5.41 Å². The average Bonchev–Trinajstić information content (AvgIpc) is 2.93. The van der Waals surface area contributed by atoms with Crippen LogP contribution in [0.1, 0.15) is 46.0 Å². The highest BCUT2D eigenvalue weighted by Crippen LogP contribution is 2.46. The molecule has 2 rings (SSSR count). The van der Waals surface area contributed by atoms with Crippen LogP contribution in [0.2, 0.25) is 0 Å². The van der Waals surface area contributed by atoms with E-state index in [4.69, 9.17) is 5.73 Å². The van der Waals surface area contributed by atoms with E-state index in [9.17, 15) is 0 Å². The van der Waals surface area contributed by atoms with Crippen molar-refractivity contribution in [3.05, 3.63) is 0 Å². The van der Waals surface area contributed by atoms with Gasteiger partial charge in [0.15, 0.2) is 0 Å². The largest absolute Gasteiger partial charge is 0.330 e. The molecule has 82 valence electrons. The Labute approximate surface area is 87.8 Å². The number of hydrogen-bond acceptors (Lipinski definition) is 2. The van der Waals surface area contributed by atoms with E-state index >= 15 is 0 Å². The quantitative estimate of drug-likeness (QED) is 0.748. The first-order valence-electron chi connectivity index (χ1n) is 6.13. The van der Waals surface area contributed by atoms with Gasteiger partial charge in [-0.05, 0) is 51.5 Å². The van der Waals surface area contributed by atoms with Gasteiger partial charge in [0, 0.05) is 18.6 Å². The molecule has 0 aromatic rings. The average molecular weight is 196 g/mol. The van der Waals surface area contributed by atoms with Crippen molar-refractivity contribution < 1.29 is 0 Å². The second-order valence-corrected chi connectivity index (χ2v) is 5.51. The van der Waals surface area contributed by atoms with Crippen LogP contribution in [0.4, 0.5) is 0 Å². The van der Waals surface area contributed by atoms with Gasteiger partial charge < -0.3 is 5.73 Å². The molecule has 0 amide bonds. The molecule has 0 spiro atoms. The van der Waals surface area contributed by atoms with Gasteiger partial charge in [0.1, 0.15) is 0 Å². The predicted molar refractivity (Wildman–Crippen MR) is 60.2 cm³/mol. The lowest BCUT2D eigenvalue weighted by atomic mass is 9.95. The van der Waals surface area contributed by atoms with E-state index in [1.807, 2.05) is 0 Å². The fourth-order valence-electron chi connectivity index (χ4n) is 2.78. The van der Waals surface area contributed by atoms with E-state index in [1.54, 1.807) is 0 Å². The molecule has 0 aromatic carbocycles. The molecule has 0 unspecified atom stereocenters. The molecular weight excluding hydrogens is 172 g/mol. The third-order valence-electron chi connectivity index (χ3n) is 4.28. The van der Waals surface area contributed by atoms with Crippen molar-refractivity contribution in [2.24, 2.45) is 11.1 Å². The zero-order chi connectivity index (χ0) is 10.2. The van der Waals surface area contributed by atoms with Gasteiger partial charge >= 0.3 is 0 Å². The third-order valence-corrected chi connectivity index (χ3v) is 4.28. The lowest BCUT2D eigenvalue weighted by Gasteiger charge is -2.41. The number of rotatable bonds is 3. The first-order valence-corrected chi connectivity index (χ1v) is 6.13. The molecule has 2 fully saturated rings. The van der Waals surface area contributed by atoms with Gasteiger partial charge in [-0.3, -0.25) is 4.90 Å². The number of hydrogen-bond donors (Lipinski definition) is 1. The number of nitrogens with zero attached hydrogens (tertiary/aromatic N) is 1. The molecule has 14 heavy (non-hydrogen) atoms. The summed E-state index contributed by atoms with van der Waals surface area (Å²) in [5.41, 5.74) is 6.36. The first-order chi connectivity index (χ1) is 6.67. The van der Waals surface area contributed by atoms with Crippen molar-refractivity contribution in [2.45, 2.75) is 58.0 Å². The van der Waals surface area contributed by atoms with Crippen LogP contribution in [0, 0.1) is 5.41 Å². The summed E-state index contributed by atoms with van der Waals surface area (Å²) in [6.45, 7) is 6.90. The lowest BCUT2D eigenvalue weighted by molar-refractivity contribution is 0.0799. The second kappa shape index (κ2) is 3.82. The van der Waals surface area contributed by atoms with Crippen molar-refractivity contribution in [3.63, 3.8) is 0 Å². The summed E-state index contributed by atoms with van der Waals surface area (Å²) in [6, 6.07) is 1.56. The third kappa shape index (κ3) is 1.96. The number of piperidine rings is 1. The molecule has 2 heteroatoms. The summed E-state index contributed by atoms with van der Waals surface area (Å²) in [5.74, 6) is 0. The number of likely N-dealkylation sites (tertiary alicyclic amines) is 1. The summed E-state index contributed by atoms with van der Waals surface area (Å²) in [6.07, 6.45) is 6.89. The van der Waals surface area contributed by atoms with Gasteiger partial charge in [-0.25, -0.2) is 0 Å². The van der Waals surface area contributed by atoms with Crippen molar-refractivity contribution >= 4 is 0 Å². The summed E-state index contributed by atoms with van der Waals surface area (Å²) in [7, 11) is 0. The van der Waals surface area contributed by atoms with E-state index < -0.39 is 0 Å². The van der Waals surface area contributed by atoms with Crippen LogP contribution >= 0.6 is 0 Å². The van der Waals surface area contributed by atoms with Crippen LogP contribution in [-0.4, -0.2) is 30.1 Å². The normalized spacial score (nSPS) is 37.1. The highest BCUT2D eigenvalue weighted by Gasteiger charge is 2.44. The molecule has 2 nitrogen and oxygen atoms in total. The van der Waals surface area contributed by atoms with Gasteiger partial charge in [-0.15, -0.1) is 0 Å². The maximum absolute atomic E-state index is 5.85. The Kier molecular flexibility index (Phi) is 2.85. The maximum Gasteiger partial charge on any atom is 0.00700 e. The van der Waals surface area contributed by atoms with Crippen LogP contribution in [0.3, 0.4) is 0 Å². The summed E-state index contributed by atoms with van der Waals surface area (Å²) in [5, 5.41) is 0. The Morgan fingerprint density at radius 2 is 1.79 bits per heavy atom. The van der Waals surface area contributed by atoms with E-state index in [0.717, 1.165) is 18.6 Å². The number of nitrogens with two attached hydrogens (primary N) is 1. The second-order valence-electron chi connectivity index (χ2n) is 5.51. The van der Waals surface area contributed by atoms with Gasteiger partial charge in [0.25, 0.3) is 0 Å². The van der Waals surface area contributed by atoms with Crippen molar-refractivity contribution in [1.29, 1.82) is 0 Å². The molecule has 0 aromatic heterocycles. The van der Waals surface area contributed by atoms with Crippen LogP contribution < -0.4 is 5.73 Å². The molecule has 0 bridgehead atoms. The van der Waals surface area contributed by atoms with Crippen LogP contribution in [0.5, 0.6) is 0 Å². The highest BCUT2D eigenvalue weighted by atomic mass is 15.2. The van der Waals surface area contributed by atoms with E-state index in [2.05, 4.69) is 18.7 Å². The minimum atomic E-state index is 0.514. The Bertz CT molecular complexity index is 188. The summed E-state index contributed by atoms with van der Waals surface area (Å²) >= 11 is 0. The zero-order valence-corrected chi connectivity index (χ0v) is 9.63. The lowest BCUT2D eigenvalue weighted by Crippen LogP contribution is -2.47. The Morgan fingerprint density at radius 1 is 1.21 bits per heavy atom. The van der Waals surface area contributed by atoms with Gasteiger partial charge in [-0.1, -0.05) is 6.42 Å². The molecule has 1 saturated heterocycles. The minimum Gasteiger partial charge on any atom is -0.330 e. The standard InChI is InChI=1S/C12H24N2/c1-10-4-3-5-11(2)14(10)9-12(8-13)6-7-12/h10-11H,3-9,13H2,1-2H3/t10-,11+. The van der Waals surface area contributed by atoms with E-state index in [-0.39, 0.29) is 0 Å². The van der Waals surface area contributed by atoms with Crippen molar-refractivity contribution in [1.82, 2.24) is 4.90 Å². The molecule has 1 saturated carbocycles. The highest BCUT2D eigenvalue weighted by molar-refractivity contribution is 4.98. The molecule has 1 aliphatic heterocycles. The molecule has 2 N–H and O–H groups in total. The molecule has 2 aliphatic rings. The summed E-state index contributed by atoms with van der Waals surface area (Å²) in [4.78, 5) is 2.70. The Morgan fingerprint density at radius 3 is 2.21 bits per heavy atom. The van der Waals surface area contributed by atoms with Gasteiger partial charge in [0.2, 0.25) is 0 Å². The van der Waals surface area contributed by atoms with Crippen molar-refractivity contribution in [2.75, 3.05) is 13.1 Å². The molecular formula is C12H24N2. The van der Waals surface area contributed by atoms with Gasteiger partial charge in [-0.2, -0.15) is 0 Å². The molecule has 1 heterocycles. The van der Waals surface area contributed by atoms with Crippen LogP contribution in [0.15, 0.2) is 0 Å². The topological polar surface area (TPSA) is 29.3 Å². The van der Waals surface area contributed by atoms with Gasteiger partial charge in [0.05, 0.1) is 0 Å². The maximum atomic E-state index is 5.85. The van der Waals surface area contributed by atoms with Crippen LogP contribution in [-0.2, 0) is 0 Å². The predicted octanol–water partition coefficient (Wildman–Crippen LogP) is 1.99. The fraction of sp³-hybridized carbons (Fsp3) is 1.00. The minimum absolute atomic E-state index is 0.514. The SMILES string of the molecule is C[C@@H]1CCC[C@H](C)N1CC1(CN)CC1. The van der Waals surface area contributed by atoms with Crippen LogP contribution in [0.25, 0.3) is 0 Å². The fourth-order valence-corrected chi connectivity index (χ4v) is 2.78. The van der Waals surface area contributed by atoms with Crippen molar-refractivity contribution in [3.8, 4) is 0 Å². The monoisotopic (exact) mass is 196 g/mol. The van der Waals surface area contributed by atoms with E-state index in [1.165, 1.54) is 38.6 Å². The molecule has 1 aliphatic carbocycles. The zero-order valence-electron chi connectivity index (χ0n) is 9.63. The molecule has 0 radical (unpaired) electrons. The molecule has 2 atom stereocenters. The first kappa shape index (κ1) is 10.4. The Hall–Kier alpha value is -0.0800. The smallest absolute Gasteiger partial charge is 0.00700 e. The Balaban J connectivity index is 1.94. The summed E-state index contributed by atoms with van der Waals surface area (Å²) < 4.78 is 0.